The zero-order chi connectivity index (χ0) is 21.1. The molecule has 4 aromatic carbocycles. The first-order chi connectivity index (χ1) is 15.9. The molecule has 0 spiro atoms. The minimum atomic E-state index is 0.244. The number of nitrogens with zero attached hydrogens (tertiary/aromatic N) is 1. The highest BCUT2D eigenvalue weighted by atomic mass is 32.1. The molecule has 6 aromatic rings. The molecule has 0 bridgehead atoms. The van der Waals surface area contributed by atoms with Crippen LogP contribution in [0.4, 0.5) is 0 Å². The van der Waals surface area contributed by atoms with Gasteiger partial charge in [-0.3, -0.25) is 0 Å². The summed E-state index contributed by atoms with van der Waals surface area (Å²) in [5, 5.41) is 5.11. The molecule has 32 heavy (non-hydrogen) atoms. The first-order valence-electron chi connectivity index (χ1n) is 11.1. The lowest BCUT2D eigenvalue weighted by molar-refractivity contribution is 0.763. The van der Waals surface area contributed by atoms with Crippen molar-refractivity contribution >= 4 is 32.3 Å². The van der Waals surface area contributed by atoms with Gasteiger partial charge in [0, 0.05) is 33.4 Å². The van der Waals surface area contributed by atoms with Gasteiger partial charge >= 0.3 is 0 Å². The number of aromatic nitrogens is 1. The highest BCUT2D eigenvalue weighted by Crippen LogP contribution is 2.53. The summed E-state index contributed by atoms with van der Waals surface area (Å²) in [7, 11) is 0. The minimum absolute atomic E-state index is 0.244. The van der Waals surface area contributed by atoms with E-state index in [1.54, 1.807) is 0 Å². The number of rotatable bonds is 3. The van der Waals surface area contributed by atoms with E-state index in [2.05, 4.69) is 113 Å². The number of para-hydroxylation sites is 1. The van der Waals surface area contributed by atoms with Crippen LogP contribution in [0.3, 0.4) is 0 Å². The van der Waals surface area contributed by atoms with Crippen LogP contribution in [0, 0.1) is 0 Å². The molecule has 0 N–H and O–H groups in total. The van der Waals surface area contributed by atoms with E-state index < -0.39 is 0 Å². The van der Waals surface area contributed by atoms with E-state index in [0.29, 0.717) is 0 Å². The van der Waals surface area contributed by atoms with Crippen LogP contribution >= 0.6 is 11.3 Å². The van der Waals surface area contributed by atoms with Crippen LogP contribution in [0.15, 0.2) is 109 Å². The number of thiophene rings is 1. The van der Waals surface area contributed by atoms with E-state index in [9.17, 15) is 0 Å². The van der Waals surface area contributed by atoms with Gasteiger partial charge < -0.3 is 4.57 Å². The molecule has 1 aliphatic carbocycles. The Labute approximate surface area is 191 Å². The van der Waals surface area contributed by atoms with Crippen LogP contribution in [0.25, 0.3) is 32.1 Å². The maximum Gasteiger partial charge on any atom is 0.0520 e. The number of benzene rings is 4. The van der Waals surface area contributed by atoms with Gasteiger partial charge in [0.05, 0.1) is 5.92 Å². The summed E-state index contributed by atoms with van der Waals surface area (Å²) in [5.74, 6) is 0.244. The lowest BCUT2D eigenvalue weighted by Crippen LogP contribution is -2.09. The van der Waals surface area contributed by atoms with Gasteiger partial charge in [0.25, 0.3) is 0 Å². The summed E-state index contributed by atoms with van der Waals surface area (Å²) in [4.78, 5) is 0. The van der Waals surface area contributed by atoms with Gasteiger partial charge in [-0.15, -0.1) is 11.3 Å². The Bertz CT molecular complexity index is 1600. The van der Waals surface area contributed by atoms with Gasteiger partial charge in [0.2, 0.25) is 0 Å². The Morgan fingerprint density at radius 1 is 0.656 bits per heavy atom. The van der Waals surface area contributed by atoms with Crippen LogP contribution in [0.1, 0.15) is 28.3 Å². The van der Waals surface area contributed by atoms with Gasteiger partial charge in [-0.1, -0.05) is 91.0 Å². The molecule has 1 aliphatic rings. The number of hydrogen-bond donors (Lipinski definition) is 0. The largest absolute Gasteiger partial charge is 0.339 e. The molecule has 0 radical (unpaired) electrons. The summed E-state index contributed by atoms with van der Waals surface area (Å²) in [6, 6.07) is 37.6. The van der Waals surface area contributed by atoms with Crippen molar-refractivity contribution in [3.63, 3.8) is 0 Å². The normalized spacial score (nSPS) is 14.7. The first-order valence-corrected chi connectivity index (χ1v) is 12.0. The van der Waals surface area contributed by atoms with E-state index in [-0.39, 0.29) is 5.92 Å². The molecule has 0 aliphatic heterocycles. The van der Waals surface area contributed by atoms with E-state index in [0.717, 1.165) is 6.54 Å². The summed E-state index contributed by atoms with van der Waals surface area (Å²) in [6.45, 7) is 0.878. The van der Waals surface area contributed by atoms with Gasteiger partial charge in [-0.2, -0.15) is 0 Å². The standard InChI is InChI=1S/C30H21NS/c1-2-10-20(11-3-1)18-31-26-16-8-6-15-24(26)28-22-13-4-5-14-23(22)29(30(28)31)25-19-32-27-17-9-7-12-21(25)27/h1-17,19,29H,18H2. The predicted octanol–water partition coefficient (Wildman–Crippen LogP) is 8.06. The van der Waals surface area contributed by atoms with E-state index in [1.165, 1.54) is 54.5 Å². The highest BCUT2D eigenvalue weighted by molar-refractivity contribution is 7.17. The fourth-order valence-corrected chi connectivity index (χ4v) is 6.49. The molecule has 0 saturated heterocycles. The fraction of sp³-hybridized carbons (Fsp3) is 0.0667. The molecule has 0 fully saturated rings. The third-order valence-corrected chi connectivity index (χ3v) is 7.81. The summed E-state index contributed by atoms with van der Waals surface area (Å²) >= 11 is 1.86. The van der Waals surface area contributed by atoms with Crippen molar-refractivity contribution in [3.05, 3.63) is 131 Å². The maximum atomic E-state index is 2.57. The minimum Gasteiger partial charge on any atom is -0.339 e. The number of fused-ring (bicyclic) bond motifs is 6. The van der Waals surface area contributed by atoms with Gasteiger partial charge in [-0.05, 0) is 45.2 Å². The molecule has 2 aromatic heterocycles. The van der Waals surface area contributed by atoms with E-state index in [1.807, 2.05) is 11.3 Å². The van der Waals surface area contributed by atoms with Crippen LogP contribution < -0.4 is 0 Å². The lowest BCUT2D eigenvalue weighted by atomic mass is 9.91. The quantitative estimate of drug-likeness (QED) is 0.269. The third kappa shape index (κ3) is 2.50. The topological polar surface area (TPSA) is 4.93 Å². The Hall–Kier alpha value is -3.62. The average molecular weight is 428 g/mol. The summed E-state index contributed by atoms with van der Waals surface area (Å²) in [6.07, 6.45) is 0. The van der Waals surface area contributed by atoms with Crippen molar-refractivity contribution in [2.45, 2.75) is 12.5 Å². The van der Waals surface area contributed by atoms with Crippen LogP contribution in [0.5, 0.6) is 0 Å². The van der Waals surface area contributed by atoms with Gasteiger partial charge in [0.1, 0.15) is 0 Å². The second kappa shape index (κ2) is 6.94. The van der Waals surface area contributed by atoms with Crippen molar-refractivity contribution in [2.24, 2.45) is 0 Å². The van der Waals surface area contributed by atoms with Crippen LogP contribution in [-0.4, -0.2) is 4.57 Å². The second-order valence-corrected chi connectivity index (χ2v) is 9.47. The molecule has 1 nitrogen and oxygen atoms in total. The lowest BCUT2D eigenvalue weighted by Gasteiger charge is -2.18. The number of hydrogen-bond acceptors (Lipinski definition) is 1. The molecule has 0 saturated carbocycles. The smallest absolute Gasteiger partial charge is 0.0520 e. The van der Waals surface area contributed by atoms with E-state index in [4.69, 9.17) is 0 Å². The molecular weight excluding hydrogens is 406 g/mol. The monoisotopic (exact) mass is 427 g/mol. The summed E-state index contributed by atoms with van der Waals surface area (Å²) < 4.78 is 3.93. The van der Waals surface area contributed by atoms with Gasteiger partial charge in [0.15, 0.2) is 0 Å². The van der Waals surface area contributed by atoms with E-state index >= 15 is 0 Å². The van der Waals surface area contributed by atoms with Crippen molar-refractivity contribution in [3.8, 4) is 11.1 Å². The van der Waals surface area contributed by atoms with Gasteiger partial charge in [-0.25, -0.2) is 0 Å². The summed E-state index contributed by atoms with van der Waals surface area (Å²) in [5.41, 5.74) is 9.72. The molecule has 1 unspecified atom stereocenters. The van der Waals surface area contributed by atoms with Crippen LogP contribution in [0.2, 0.25) is 0 Å². The average Bonchev–Trinajstić information content (AvgIpc) is 3.51. The van der Waals surface area contributed by atoms with Crippen molar-refractivity contribution in [2.75, 3.05) is 0 Å². The van der Waals surface area contributed by atoms with Crippen molar-refractivity contribution in [1.29, 1.82) is 0 Å². The zero-order valence-corrected chi connectivity index (χ0v) is 18.3. The zero-order valence-electron chi connectivity index (χ0n) is 17.5. The Balaban J connectivity index is 1.57. The Morgan fingerprint density at radius 3 is 2.28 bits per heavy atom. The third-order valence-electron chi connectivity index (χ3n) is 6.83. The Kier molecular flexibility index (Phi) is 3.91. The molecule has 2 heteroatoms. The predicted molar refractivity (Wildman–Crippen MR) is 136 cm³/mol. The van der Waals surface area contributed by atoms with Crippen molar-refractivity contribution < 1.29 is 0 Å². The Morgan fingerprint density at radius 2 is 1.38 bits per heavy atom. The molecular formula is C30H21NS. The second-order valence-electron chi connectivity index (χ2n) is 8.56. The molecule has 0 amide bonds. The molecule has 2 heterocycles. The SMILES string of the molecule is c1ccc(Cn2c3c(c4ccccc42)-c2ccccc2C3c2csc3ccccc23)cc1. The molecule has 1 atom stereocenters. The molecule has 152 valence electrons. The highest BCUT2D eigenvalue weighted by Gasteiger charge is 2.36. The molecule has 7 rings (SSSR count). The maximum absolute atomic E-state index is 2.57. The van der Waals surface area contributed by atoms with Crippen molar-refractivity contribution in [1.82, 2.24) is 4.57 Å². The fourth-order valence-electron chi connectivity index (χ4n) is 5.50. The first kappa shape index (κ1) is 18.0. The van der Waals surface area contributed by atoms with Crippen LogP contribution in [-0.2, 0) is 6.54 Å².